The van der Waals surface area contributed by atoms with Gasteiger partial charge in [-0.2, -0.15) is 0 Å². The van der Waals surface area contributed by atoms with Crippen LogP contribution >= 0.6 is 0 Å². The van der Waals surface area contributed by atoms with Crippen LogP contribution in [0.2, 0.25) is 0 Å². The lowest BCUT2D eigenvalue weighted by molar-refractivity contribution is -0.127. The topological polar surface area (TPSA) is 126 Å². The number of ether oxygens (including phenoxy) is 3. The molecule has 2 amide bonds. The second kappa shape index (κ2) is 15.9. The smallest absolute Gasteiger partial charge is 0.407 e. The van der Waals surface area contributed by atoms with Crippen molar-refractivity contribution in [2.45, 2.75) is 76.3 Å². The van der Waals surface area contributed by atoms with Gasteiger partial charge in [0.1, 0.15) is 18.0 Å². The average Bonchev–Trinajstić information content (AvgIpc) is 3.31. The Morgan fingerprint density at radius 2 is 1.58 bits per heavy atom. The van der Waals surface area contributed by atoms with Crippen molar-refractivity contribution in [2.24, 2.45) is 5.92 Å². The van der Waals surface area contributed by atoms with Gasteiger partial charge in [0.25, 0.3) is 0 Å². The van der Waals surface area contributed by atoms with Crippen LogP contribution in [-0.4, -0.2) is 66.4 Å². The van der Waals surface area contributed by atoms with Crippen molar-refractivity contribution in [2.75, 3.05) is 20.3 Å². The average molecular weight is 619 g/mol. The van der Waals surface area contributed by atoms with Crippen molar-refractivity contribution < 1.29 is 34.0 Å². The fourth-order valence-corrected chi connectivity index (χ4v) is 5.62. The maximum Gasteiger partial charge on any atom is 0.407 e. The number of carbonyl (C=O) groups excluding carboxylic acids is 2. The lowest BCUT2D eigenvalue weighted by Gasteiger charge is -2.29. The summed E-state index contributed by atoms with van der Waals surface area (Å²) < 4.78 is 16.2. The first-order valence-corrected chi connectivity index (χ1v) is 15.5. The molecule has 0 aliphatic heterocycles. The minimum Gasteiger partial charge on any atom is -0.491 e. The Labute approximate surface area is 265 Å². The van der Waals surface area contributed by atoms with Crippen molar-refractivity contribution in [3.63, 3.8) is 0 Å². The van der Waals surface area contributed by atoms with Crippen LogP contribution in [0.5, 0.6) is 5.75 Å². The maximum atomic E-state index is 13.9. The van der Waals surface area contributed by atoms with Gasteiger partial charge in [0.15, 0.2) is 0 Å². The van der Waals surface area contributed by atoms with Gasteiger partial charge in [0.2, 0.25) is 5.91 Å². The van der Waals surface area contributed by atoms with Gasteiger partial charge >= 0.3 is 6.09 Å². The zero-order valence-electron chi connectivity index (χ0n) is 26.6. The fraction of sp³-hybridized carbons (Fsp3) is 0.444. The molecular weight excluding hydrogens is 572 g/mol. The lowest BCUT2D eigenvalue weighted by atomic mass is 9.88. The van der Waals surface area contributed by atoms with Gasteiger partial charge in [-0.05, 0) is 74.4 Å². The quantitative estimate of drug-likeness (QED) is 0.196. The summed E-state index contributed by atoms with van der Waals surface area (Å²) in [5.41, 5.74) is 2.98. The van der Waals surface area contributed by atoms with Crippen LogP contribution in [0.25, 0.3) is 0 Å². The predicted octanol–water partition coefficient (Wildman–Crippen LogP) is 4.53. The minimum atomic E-state index is -1.08. The van der Waals surface area contributed by atoms with E-state index in [1.807, 2.05) is 78.9 Å². The third-order valence-corrected chi connectivity index (χ3v) is 7.83. The number of aliphatic hydroxyl groups excluding tert-OH is 2. The molecule has 1 aliphatic rings. The molecule has 242 valence electrons. The van der Waals surface area contributed by atoms with Crippen LogP contribution in [0.1, 0.15) is 55.5 Å². The van der Waals surface area contributed by atoms with Gasteiger partial charge < -0.3 is 35.1 Å². The number of rotatable bonds is 14. The van der Waals surface area contributed by atoms with Gasteiger partial charge in [-0.1, -0.05) is 66.7 Å². The highest BCUT2D eigenvalue weighted by Gasteiger charge is 2.35. The van der Waals surface area contributed by atoms with Crippen molar-refractivity contribution in [1.29, 1.82) is 0 Å². The first-order chi connectivity index (χ1) is 21.5. The molecule has 0 unspecified atom stereocenters. The molecule has 0 saturated carbocycles. The number of nitrogens with one attached hydrogen (secondary N) is 2. The highest BCUT2D eigenvalue weighted by atomic mass is 16.6. The molecule has 0 spiro atoms. The maximum absolute atomic E-state index is 13.9. The Morgan fingerprint density at radius 3 is 2.27 bits per heavy atom. The molecule has 0 heterocycles. The van der Waals surface area contributed by atoms with E-state index in [9.17, 15) is 19.8 Å². The molecule has 4 N–H and O–H groups in total. The number of benzene rings is 3. The van der Waals surface area contributed by atoms with Crippen molar-refractivity contribution in [1.82, 2.24) is 10.6 Å². The molecule has 3 aromatic rings. The summed E-state index contributed by atoms with van der Waals surface area (Å²) in [6, 6.07) is 23.5. The molecule has 9 nitrogen and oxygen atoms in total. The van der Waals surface area contributed by atoms with Crippen molar-refractivity contribution >= 4 is 12.0 Å². The fourth-order valence-electron chi connectivity index (χ4n) is 5.62. The highest BCUT2D eigenvalue weighted by Crippen LogP contribution is 2.32. The van der Waals surface area contributed by atoms with Gasteiger partial charge in [-0.15, -0.1) is 0 Å². The normalized spacial score (nSPS) is 17.9. The van der Waals surface area contributed by atoms with Gasteiger partial charge in [0, 0.05) is 19.4 Å². The molecule has 1 aliphatic carbocycles. The SMILES string of the molecule is COCCOc1ccc(C[C@H](C[C@H](O)[C@H](Cc2ccccc2)NC(=O)OC(C)(C)C)C(=O)N[C@H]2c3ccccc3C[C@H]2O)cc1. The van der Waals surface area contributed by atoms with Crippen molar-refractivity contribution in [3.8, 4) is 5.75 Å². The molecule has 3 aromatic carbocycles. The molecule has 0 aromatic heterocycles. The number of hydrogen-bond acceptors (Lipinski definition) is 7. The molecular formula is C36H46N2O7. The number of amides is 2. The number of hydrogen-bond donors (Lipinski definition) is 4. The van der Waals surface area contributed by atoms with Crippen molar-refractivity contribution in [3.05, 3.63) is 101 Å². The van der Waals surface area contributed by atoms with E-state index in [-0.39, 0.29) is 12.3 Å². The minimum absolute atomic E-state index is 0.0652. The number of alkyl carbamates (subject to hydrolysis) is 1. The number of carbonyl (C=O) groups is 2. The molecule has 9 heteroatoms. The summed E-state index contributed by atoms with van der Waals surface area (Å²) in [6.45, 7) is 6.22. The summed E-state index contributed by atoms with van der Waals surface area (Å²) in [4.78, 5) is 26.8. The summed E-state index contributed by atoms with van der Waals surface area (Å²) in [7, 11) is 1.61. The summed E-state index contributed by atoms with van der Waals surface area (Å²) in [5.74, 6) is -0.267. The van der Waals surface area contributed by atoms with E-state index < -0.39 is 41.9 Å². The number of fused-ring (bicyclic) bond motifs is 1. The second-order valence-corrected chi connectivity index (χ2v) is 12.6. The van der Waals surface area contributed by atoms with Gasteiger partial charge in [0.05, 0.1) is 30.9 Å². The van der Waals surface area contributed by atoms with Crippen LogP contribution in [-0.2, 0) is 33.5 Å². The van der Waals surface area contributed by atoms with E-state index in [1.54, 1.807) is 27.9 Å². The Bertz CT molecular complexity index is 1370. The number of aliphatic hydroxyl groups is 2. The van der Waals surface area contributed by atoms with E-state index in [2.05, 4.69) is 10.6 Å². The Morgan fingerprint density at radius 1 is 0.911 bits per heavy atom. The Balaban J connectivity index is 1.55. The summed E-state index contributed by atoms with van der Waals surface area (Å²) in [5, 5.41) is 28.4. The first-order valence-electron chi connectivity index (χ1n) is 15.5. The highest BCUT2D eigenvalue weighted by molar-refractivity contribution is 5.80. The Kier molecular flexibility index (Phi) is 12.0. The molecule has 45 heavy (non-hydrogen) atoms. The van der Waals surface area contributed by atoms with E-state index in [1.165, 1.54) is 0 Å². The molecule has 0 radical (unpaired) electrons. The van der Waals surface area contributed by atoms with Crippen LogP contribution in [0.3, 0.4) is 0 Å². The van der Waals surface area contributed by atoms with Gasteiger partial charge in [-0.25, -0.2) is 4.79 Å². The lowest BCUT2D eigenvalue weighted by Crippen LogP contribution is -2.48. The molecule has 0 saturated heterocycles. The van der Waals surface area contributed by atoms with Crippen LogP contribution < -0.4 is 15.4 Å². The summed E-state index contributed by atoms with van der Waals surface area (Å²) in [6.07, 6.45) is -1.27. The summed E-state index contributed by atoms with van der Waals surface area (Å²) >= 11 is 0. The van der Waals surface area contributed by atoms with Crippen LogP contribution in [0.4, 0.5) is 4.79 Å². The first kappa shape index (κ1) is 34.0. The largest absolute Gasteiger partial charge is 0.491 e. The molecule has 4 rings (SSSR count). The van der Waals surface area contributed by atoms with Crippen LogP contribution in [0.15, 0.2) is 78.9 Å². The predicted molar refractivity (Wildman–Crippen MR) is 172 cm³/mol. The van der Waals surface area contributed by atoms with Crippen LogP contribution in [0, 0.1) is 5.92 Å². The third-order valence-electron chi connectivity index (χ3n) is 7.83. The molecule has 5 atom stereocenters. The zero-order chi connectivity index (χ0) is 32.4. The molecule has 0 bridgehead atoms. The number of methoxy groups -OCH3 is 1. The van der Waals surface area contributed by atoms with E-state index in [0.29, 0.717) is 38.2 Å². The third kappa shape index (κ3) is 10.3. The monoisotopic (exact) mass is 618 g/mol. The standard InChI is InChI=1S/C36H46N2O7/c1-36(2,3)45-35(42)37-30(21-24-10-6-5-7-11-24)31(39)23-27(20-25-14-16-28(17-15-25)44-19-18-43-4)34(41)38-33-29-13-9-8-12-26(29)22-32(33)40/h5-17,27,30-33,39-40H,18-23H2,1-4H3,(H,37,42)(H,38,41)/t27-,30+,31+,32-,33+/m1/s1. The van der Waals surface area contributed by atoms with Gasteiger partial charge in [-0.3, -0.25) is 4.79 Å². The zero-order valence-corrected chi connectivity index (χ0v) is 26.6. The second-order valence-electron chi connectivity index (χ2n) is 12.6. The Hall–Kier alpha value is -3.92. The molecule has 0 fully saturated rings. The van der Waals surface area contributed by atoms with E-state index in [4.69, 9.17) is 14.2 Å². The van der Waals surface area contributed by atoms with E-state index in [0.717, 1.165) is 22.3 Å². The van der Waals surface area contributed by atoms with E-state index >= 15 is 0 Å².